The molecule has 0 fully saturated rings. The Morgan fingerprint density at radius 3 is 2.52 bits per heavy atom. The molecular weight excluding hydrogens is 376 g/mol. The van der Waals surface area contributed by atoms with Crippen LogP contribution in [0.15, 0.2) is 47.1 Å². The van der Waals surface area contributed by atoms with E-state index in [4.69, 9.17) is 25.8 Å². The highest BCUT2D eigenvalue weighted by Crippen LogP contribution is 2.30. The van der Waals surface area contributed by atoms with Gasteiger partial charge in [0.05, 0.1) is 29.7 Å². The summed E-state index contributed by atoms with van der Waals surface area (Å²) in [6, 6.07) is 8.92. The van der Waals surface area contributed by atoms with Gasteiger partial charge in [0.1, 0.15) is 0 Å². The van der Waals surface area contributed by atoms with Crippen LogP contribution in [0.5, 0.6) is 11.5 Å². The summed E-state index contributed by atoms with van der Waals surface area (Å²) in [5.74, 6) is 0.372. The number of non-ortho nitro benzene ring substituents is 1. The van der Waals surface area contributed by atoms with E-state index >= 15 is 0 Å². The van der Waals surface area contributed by atoms with Crippen LogP contribution < -0.4 is 9.47 Å². The highest BCUT2D eigenvalue weighted by molar-refractivity contribution is 6.34. The number of nitro groups is 1. The Labute approximate surface area is 158 Å². The van der Waals surface area contributed by atoms with Crippen molar-refractivity contribution in [3.63, 3.8) is 0 Å². The lowest BCUT2D eigenvalue weighted by Crippen LogP contribution is -2.06. The van der Waals surface area contributed by atoms with E-state index in [2.05, 4.69) is 4.99 Å². The van der Waals surface area contributed by atoms with Crippen LogP contribution in [0.25, 0.3) is 6.08 Å². The van der Waals surface area contributed by atoms with Gasteiger partial charge in [-0.3, -0.25) is 10.1 Å². The first kappa shape index (κ1) is 18.4. The predicted octanol–water partition coefficient (Wildman–Crippen LogP) is 3.61. The van der Waals surface area contributed by atoms with E-state index in [0.717, 1.165) is 0 Å². The number of carbonyl (C=O) groups excluding carboxylic acids is 1. The molecule has 9 heteroatoms. The SMILES string of the molecule is COc1ccc(/C=C2\N=C(c3ccc([N+](=O)[O-])cc3Cl)OC2=O)cc1OC. The van der Waals surface area contributed by atoms with Crippen LogP contribution in [0.1, 0.15) is 11.1 Å². The molecule has 0 radical (unpaired) electrons. The van der Waals surface area contributed by atoms with Gasteiger partial charge in [0, 0.05) is 12.1 Å². The largest absolute Gasteiger partial charge is 0.493 e. The highest BCUT2D eigenvalue weighted by atomic mass is 35.5. The average Bonchev–Trinajstić information content (AvgIpc) is 3.01. The molecular formula is C18H13ClN2O6. The molecule has 138 valence electrons. The minimum atomic E-state index is -0.658. The van der Waals surface area contributed by atoms with Crippen molar-refractivity contribution in [3.8, 4) is 11.5 Å². The van der Waals surface area contributed by atoms with Crippen molar-refractivity contribution in [2.45, 2.75) is 0 Å². The lowest BCUT2D eigenvalue weighted by atomic mass is 10.1. The molecule has 0 saturated carbocycles. The molecule has 0 aromatic heterocycles. The van der Waals surface area contributed by atoms with Crippen molar-refractivity contribution in [2.75, 3.05) is 14.2 Å². The number of ether oxygens (including phenoxy) is 3. The number of cyclic esters (lactones) is 1. The molecule has 0 unspecified atom stereocenters. The van der Waals surface area contributed by atoms with Gasteiger partial charge in [-0.1, -0.05) is 17.7 Å². The average molecular weight is 389 g/mol. The van der Waals surface area contributed by atoms with Crippen molar-refractivity contribution in [1.29, 1.82) is 0 Å². The summed E-state index contributed by atoms with van der Waals surface area (Å²) in [7, 11) is 3.03. The minimum Gasteiger partial charge on any atom is -0.493 e. The predicted molar refractivity (Wildman–Crippen MR) is 98.3 cm³/mol. The molecule has 0 saturated heterocycles. The van der Waals surface area contributed by atoms with Gasteiger partial charge in [-0.25, -0.2) is 9.79 Å². The van der Waals surface area contributed by atoms with E-state index in [1.165, 1.54) is 38.5 Å². The van der Waals surface area contributed by atoms with Crippen molar-refractivity contribution in [2.24, 2.45) is 4.99 Å². The maximum atomic E-state index is 12.1. The summed E-state index contributed by atoms with van der Waals surface area (Å²) in [5, 5.41) is 10.9. The number of esters is 1. The third-order valence-corrected chi connectivity index (χ3v) is 4.04. The second-order valence-electron chi connectivity index (χ2n) is 5.37. The Morgan fingerprint density at radius 1 is 1.15 bits per heavy atom. The number of nitro benzene ring substituents is 1. The van der Waals surface area contributed by atoms with Crippen LogP contribution in [0.4, 0.5) is 5.69 Å². The first-order chi connectivity index (χ1) is 12.9. The van der Waals surface area contributed by atoms with Crippen molar-refractivity contribution < 1.29 is 23.9 Å². The van der Waals surface area contributed by atoms with E-state index in [1.54, 1.807) is 18.2 Å². The van der Waals surface area contributed by atoms with E-state index < -0.39 is 10.9 Å². The Kier molecular flexibility index (Phi) is 5.09. The molecule has 2 aromatic carbocycles. The molecule has 2 aromatic rings. The maximum Gasteiger partial charge on any atom is 0.363 e. The van der Waals surface area contributed by atoms with Crippen molar-refractivity contribution in [3.05, 3.63) is 68.4 Å². The number of rotatable bonds is 5. The van der Waals surface area contributed by atoms with E-state index in [1.807, 2.05) is 0 Å². The van der Waals surface area contributed by atoms with Gasteiger partial charge in [-0.15, -0.1) is 0 Å². The van der Waals surface area contributed by atoms with Crippen LogP contribution in [-0.2, 0) is 9.53 Å². The number of halogens is 1. The summed E-state index contributed by atoms with van der Waals surface area (Å²) in [6.07, 6.45) is 1.52. The Morgan fingerprint density at radius 2 is 1.89 bits per heavy atom. The fraction of sp³-hybridized carbons (Fsp3) is 0.111. The van der Waals surface area contributed by atoms with Gasteiger partial charge in [0.15, 0.2) is 17.2 Å². The Bertz CT molecular complexity index is 999. The molecule has 8 nitrogen and oxygen atoms in total. The van der Waals surface area contributed by atoms with E-state index in [-0.39, 0.29) is 27.9 Å². The lowest BCUT2D eigenvalue weighted by Gasteiger charge is -2.07. The monoisotopic (exact) mass is 388 g/mol. The summed E-state index contributed by atoms with van der Waals surface area (Å²) in [5.41, 5.74) is 0.826. The van der Waals surface area contributed by atoms with Gasteiger partial charge < -0.3 is 14.2 Å². The zero-order valence-corrected chi connectivity index (χ0v) is 15.0. The van der Waals surface area contributed by atoms with E-state index in [9.17, 15) is 14.9 Å². The molecule has 0 N–H and O–H groups in total. The van der Waals surface area contributed by atoms with Crippen LogP contribution in [0.2, 0.25) is 5.02 Å². The zero-order chi connectivity index (χ0) is 19.6. The molecule has 1 heterocycles. The maximum absolute atomic E-state index is 12.1. The molecule has 0 bridgehead atoms. The Hall–Kier alpha value is -3.39. The number of carbonyl (C=O) groups is 1. The van der Waals surface area contributed by atoms with Crippen LogP contribution in [0.3, 0.4) is 0 Å². The first-order valence-corrected chi connectivity index (χ1v) is 7.99. The highest BCUT2D eigenvalue weighted by Gasteiger charge is 2.26. The van der Waals surface area contributed by atoms with Gasteiger partial charge in [-0.05, 0) is 29.8 Å². The van der Waals surface area contributed by atoms with Gasteiger partial charge in [0.2, 0.25) is 5.90 Å². The first-order valence-electron chi connectivity index (χ1n) is 7.62. The van der Waals surface area contributed by atoms with Crippen molar-refractivity contribution >= 4 is 35.2 Å². The second-order valence-corrected chi connectivity index (χ2v) is 5.78. The topological polar surface area (TPSA) is 100 Å². The number of methoxy groups -OCH3 is 2. The fourth-order valence-corrected chi connectivity index (χ4v) is 2.67. The number of benzene rings is 2. The van der Waals surface area contributed by atoms with E-state index in [0.29, 0.717) is 17.1 Å². The molecule has 27 heavy (non-hydrogen) atoms. The van der Waals surface area contributed by atoms with Gasteiger partial charge >= 0.3 is 5.97 Å². The normalized spacial score (nSPS) is 14.7. The smallest absolute Gasteiger partial charge is 0.363 e. The lowest BCUT2D eigenvalue weighted by molar-refractivity contribution is -0.384. The molecule has 3 rings (SSSR count). The number of hydrogen-bond donors (Lipinski definition) is 0. The third-order valence-electron chi connectivity index (χ3n) is 3.73. The minimum absolute atomic E-state index is 0.0216. The Balaban J connectivity index is 1.95. The number of hydrogen-bond acceptors (Lipinski definition) is 7. The number of aliphatic imine (C=N–C) groups is 1. The zero-order valence-electron chi connectivity index (χ0n) is 14.3. The van der Waals surface area contributed by atoms with Crippen molar-refractivity contribution in [1.82, 2.24) is 0 Å². The number of nitrogens with zero attached hydrogens (tertiary/aromatic N) is 2. The van der Waals surface area contributed by atoms with Crippen LogP contribution in [-0.4, -0.2) is 31.0 Å². The summed E-state index contributed by atoms with van der Waals surface area (Å²) < 4.78 is 15.5. The molecule has 0 spiro atoms. The molecule has 0 aliphatic carbocycles. The van der Waals surface area contributed by atoms with Gasteiger partial charge in [0.25, 0.3) is 5.69 Å². The molecule has 1 aliphatic rings. The molecule has 0 atom stereocenters. The van der Waals surface area contributed by atoms with Gasteiger partial charge in [-0.2, -0.15) is 0 Å². The quantitative estimate of drug-likeness (QED) is 0.335. The second kappa shape index (κ2) is 7.46. The molecule has 0 amide bonds. The summed E-state index contributed by atoms with van der Waals surface area (Å²) >= 11 is 6.06. The summed E-state index contributed by atoms with van der Waals surface area (Å²) in [4.78, 5) is 26.5. The molecule has 1 aliphatic heterocycles. The summed E-state index contributed by atoms with van der Waals surface area (Å²) in [6.45, 7) is 0. The van der Waals surface area contributed by atoms with Crippen LogP contribution >= 0.6 is 11.6 Å². The standard InChI is InChI=1S/C18H13ClN2O6/c1-25-15-6-3-10(8-16(15)26-2)7-14-18(22)27-17(20-14)12-5-4-11(21(23)24)9-13(12)19/h3-9H,1-2H3/b14-7-. The van der Waals surface area contributed by atoms with Crippen LogP contribution in [0, 0.1) is 10.1 Å². The fourth-order valence-electron chi connectivity index (χ4n) is 2.42. The third kappa shape index (κ3) is 3.75.